The highest BCUT2D eigenvalue weighted by atomic mass is 16.3. The molecule has 0 amide bonds. The molecule has 1 unspecified atom stereocenters. The zero-order valence-electron chi connectivity index (χ0n) is 9.53. The summed E-state index contributed by atoms with van der Waals surface area (Å²) < 4.78 is 1.82. The van der Waals surface area contributed by atoms with Crippen LogP contribution in [-0.4, -0.2) is 26.8 Å². The van der Waals surface area contributed by atoms with Gasteiger partial charge in [0, 0.05) is 12.2 Å². The fourth-order valence-corrected chi connectivity index (χ4v) is 1.43. The molecular weight excluding hydrogens is 192 g/mol. The van der Waals surface area contributed by atoms with E-state index in [1.165, 1.54) is 6.92 Å². The normalized spacial score (nSPS) is 12.8. The summed E-state index contributed by atoms with van der Waals surface area (Å²) >= 11 is 0. The smallest absolute Gasteiger partial charge is 0.166 e. The highest BCUT2D eigenvalue weighted by Crippen LogP contribution is 2.07. The first-order chi connectivity index (χ1) is 7.08. The average molecular weight is 210 g/mol. The van der Waals surface area contributed by atoms with Crippen molar-refractivity contribution in [3.05, 3.63) is 17.5 Å². The second-order valence-electron chi connectivity index (χ2n) is 3.62. The molecule has 4 nitrogen and oxygen atoms in total. The lowest BCUT2D eigenvalue weighted by molar-refractivity contribution is -0.125. The molecule has 0 radical (unpaired) electrons. The quantitative estimate of drug-likeness (QED) is 0.787. The van der Waals surface area contributed by atoms with Gasteiger partial charge in [-0.2, -0.15) is 5.10 Å². The predicted molar refractivity (Wildman–Crippen MR) is 57.7 cm³/mol. The molecule has 0 saturated carbocycles. The van der Waals surface area contributed by atoms with Gasteiger partial charge >= 0.3 is 0 Å². The second kappa shape index (κ2) is 5.07. The molecule has 0 aromatic carbocycles. The summed E-state index contributed by atoms with van der Waals surface area (Å²) in [7, 11) is 0. The zero-order chi connectivity index (χ0) is 11.4. The molecule has 84 valence electrons. The number of aryl methyl sites for hydroxylation is 2. The maximum absolute atomic E-state index is 11.4. The van der Waals surface area contributed by atoms with Crippen LogP contribution in [0.15, 0.2) is 6.07 Å². The van der Waals surface area contributed by atoms with E-state index >= 15 is 0 Å². The summed E-state index contributed by atoms with van der Waals surface area (Å²) in [5.41, 5.74) is 1.88. The SMILES string of the molecule is CCc1cc(CC(=O)C(C)O)n(CC)n1. The molecule has 0 aliphatic rings. The van der Waals surface area contributed by atoms with Gasteiger partial charge in [0.05, 0.1) is 12.1 Å². The fraction of sp³-hybridized carbons (Fsp3) is 0.636. The third kappa shape index (κ3) is 2.89. The summed E-state index contributed by atoms with van der Waals surface area (Å²) in [5, 5.41) is 13.5. The standard InChI is InChI=1S/C11H18N2O2/c1-4-9-6-10(13(5-2)12-9)7-11(15)8(3)14/h6,8,14H,4-5,7H2,1-3H3. The Labute approximate surface area is 89.9 Å². The topological polar surface area (TPSA) is 55.1 Å². The van der Waals surface area contributed by atoms with E-state index in [4.69, 9.17) is 5.11 Å². The zero-order valence-corrected chi connectivity index (χ0v) is 9.53. The van der Waals surface area contributed by atoms with Crippen molar-refractivity contribution >= 4 is 5.78 Å². The van der Waals surface area contributed by atoms with Crippen LogP contribution >= 0.6 is 0 Å². The number of ketones is 1. The van der Waals surface area contributed by atoms with Crippen LogP contribution in [0.2, 0.25) is 0 Å². The molecule has 0 saturated heterocycles. The van der Waals surface area contributed by atoms with Gasteiger partial charge in [0.1, 0.15) is 6.10 Å². The van der Waals surface area contributed by atoms with Crippen molar-refractivity contribution < 1.29 is 9.90 Å². The molecule has 0 aliphatic heterocycles. The molecule has 1 heterocycles. The van der Waals surface area contributed by atoms with E-state index in [0.717, 1.165) is 24.4 Å². The molecule has 15 heavy (non-hydrogen) atoms. The Bertz CT molecular complexity index is 342. The van der Waals surface area contributed by atoms with E-state index in [-0.39, 0.29) is 12.2 Å². The van der Waals surface area contributed by atoms with Crippen molar-refractivity contribution in [3.63, 3.8) is 0 Å². The lowest BCUT2D eigenvalue weighted by Gasteiger charge is -2.05. The minimum Gasteiger partial charge on any atom is -0.386 e. The molecule has 0 spiro atoms. The molecule has 0 aliphatic carbocycles. The highest BCUT2D eigenvalue weighted by molar-refractivity contribution is 5.84. The van der Waals surface area contributed by atoms with Crippen molar-refractivity contribution in [2.24, 2.45) is 0 Å². The van der Waals surface area contributed by atoms with Gasteiger partial charge in [-0.3, -0.25) is 9.48 Å². The highest BCUT2D eigenvalue weighted by Gasteiger charge is 2.14. The van der Waals surface area contributed by atoms with Gasteiger partial charge < -0.3 is 5.11 Å². The van der Waals surface area contributed by atoms with Crippen LogP contribution in [0.4, 0.5) is 0 Å². The summed E-state index contributed by atoms with van der Waals surface area (Å²) in [6.07, 6.45) is 0.233. The van der Waals surface area contributed by atoms with Gasteiger partial charge in [0.25, 0.3) is 0 Å². The van der Waals surface area contributed by atoms with Crippen LogP contribution in [0.5, 0.6) is 0 Å². The van der Waals surface area contributed by atoms with E-state index < -0.39 is 6.10 Å². The number of hydrogen-bond acceptors (Lipinski definition) is 3. The van der Waals surface area contributed by atoms with Crippen LogP contribution < -0.4 is 0 Å². The van der Waals surface area contributed by atoms with Gasteiger partial charge in [-0.15, -0.1) is 0 Å². The van der Waals surface area contributed by atoms with Crippen LogP contribution in [0.3, 0.4) is 0 Å². The molecule has 1 aromatic heterocycles. The molecule has 0 fully saturated rings. The molecule has 4 heteroatoms. The maximum atomic E-state index is 11.4. The Hall–Kier alpha value is -1.16. The Morgan fingerprint density at radius 1 is 1.60 bits per heavy atom. The first-order valence-electron chi connectivity index (χ1n) is 5.34. The first-order valence-corrected chi connectivity index (χ1v) is 5.34. The Balaban J connectivity index is 2.83. The summed E-state index contributed by atoms with van der Waals surface area (Å²) in [5.74, 6) is -0.160. The van der Waals surface area contributed by atoms with Crippen molar-refractivity contribution in [1.29, 1.82) is 0 Å². The number of rotatable bonds is 5. The van der Waals surface area contributed by atoms with Crippen LogP contribution in [0.25, 0.3) is 0 Å². The largest absolute Gasteiger partial charge is 0.386 e. The van der Waals surface area contributed by atoms with E-state index in [1.807, 2.05) is 24.6 Å². The van der Waals surface area contributed by atoms with Crippen molar-refractivity contribution in [3.8, 4) is 0 Å². The van der Waals surface area contributed by atoms with E-state index in [9.17, 15) is 4.79 Å². The average Bonchev–Trinajstić information content (AvgIpc) is 2.60. The molecular formula is C11H18N2O2. The number of aliphatic hydroxyl groups is 1. The molecule has 1 aromatic rings. The maximum Gasteiger partial charge on any atom is 0.166 e. The van der Waals surface area contributed by atoms with Gasteiger partial charge in [-0.1, -0.05) is 6.92 Å². The van der Waals surface area contributed by atoms with Gasteiger partial charge in [-0.05, 0) is 26.3 Å². The third-order valence-electron chi connectivity index (χ3n) is 2.40. The minimum atomic E-state index is -0.893. The number of Topliss-reactive ketones (excluding diaryl/α,β-unsaturated/α-hetero) is 1. The molecule has 0 bridgehead atoms. The Morgan fingerprint density at radius 3 is 2.73 bits per heavy atom. The Morgan fingerprint density at radius 2 is 2.27 bits per heavy atom. The van der Waals surface area contributed by atoms with E-state index in [1.54, 1.807) is 0 Å². The summed E-state index contributed by atoms with van der Waals surface area (Å²) in [6, 6.07) is 1.93. The van der Waals surface area contributed by atoms with Crippen molar-refractivity contribution in [1.82, 2.24) is 9.78 Å². The fourth-order valence-electron chi connectivity index (χ4n) is 1.43. The van der Waals surface area contributed by atoms with Crippen LogP contribution in [0, 0.1) is 0 Å². The monoisotopic (exact) mass is 210 g/mol. The number of aromatic nitrogens is 2. The van der Waals surface area contributed by atoms with E-state index in [0.29, 0.717) is 0 Å². The third-order valence-corrected chi connectivity index (χ3v) is 2.40. The van der Waals surface area contributed by atoms with Gasteiger partial charge in [-0.25, -0.2) is 0 Å². The van der Waals surface area contributed by atoms with Crippen molar-refractivity contribution in [2.45, 2.75) is 46.3 Å². The van der Waals surface area contributed by atoms with E-state index in [2.05, 4.69) is 5.10 Å². The number of hydrogen-bond donors (Lipinski definition) is 1. The Kier molecular flexibility index (Phi) is 4.03. The van der Waals surface area contributed by atoms with Crippen LogP contribution in [0.1, 0.15) is 32.2 Å². The van der Waals surface area contributed by atoms with Gasteiger partial charge in [0.15, 0.2) is 5.78 Å². The van der Waals surface area contributed by atoms with Gasteiger partial charge in [0.2, 0.25) is 0 Å². The molecule has 1 atom stereocenters. The number of nitrogens with zero attached hydrogens (tertiary/aromatic N) is 2. The lowest BCUT2D eigenvalue weighted by Crippen LogP contribution is -2.20. The molecule has 1 N–H and O–H groups in total. The van der Waals surface area contributed by atoms with Crippen LogP contribution in [-0.2, 0) is 24.2 Å². The summed E-state index contributed by atoms with van der Waals surface area (Å²) in [4.78, 5) is 11.4. The number of carbonyl (C=O) groups is 1. The minimum absolute atomic E-state index is 0.160. The molecule has 1 rings (SSSR count). The summed E-state index contributed by atoms with van der Waals surface area (Å²) in [6.45, 7) is 6.27. The van der Waals surface area contributed by atoms with Crippen molar-refractivity contribution in [2.75, 3.05) is 0 Å². The first kappa shape index (κ1) is 11.9. The second-order valence-corrected chi connectivity index (χ2v) is 3.62. The number of carbonyl (C=O) groups excluding carboxylic acids is 1. The predicted octanol–water partition coefficient (Wildman–Crippen LogP) is 0.958. The lowest BCUT2D eigenvalue weighted by atomic mass is 10.1. The number of aliphatic hydroxyl groups excluding tert-OH is 1.